The normalized spacial score (nSPS) is 24.1. The predicted octanol–water partition coefficient (Wildman–Crippen LogP) is 4.00. The Kier molecular flexibility index (Phi) is 10.2. The zero-order chi connectivity index (χ0) is 27.1. The molecule has 0 aliphatic carbocycles. The molecule has 3 atom stereocenters. The molecule has 1 aromatic rings. The lowest BCUT2D eigenvalue weighted by Gasteiger charge is -2.50. The number of nitrogens with one attached hydrogen (secondary N) is 2. The second kappa shape index (κ2) is 13.0. The summed E-state index contributed by atoms with van der Waals surface area (Å²) < 4.78 is 11.7. The Bertz CT molecular complexity index is 915. The molecule has 0 saturated carbocycles. The highest BCUT2D eigenvalue weighted by molar-refractivity contribution is 6.26. The van der Waals surface area contributed by atoms with Gasteiger partial charge in [0.15, 0.2) is 0 Å². The van der Waals surface area contributed by atoms with Crippen LogP contribution in [0.2, 0.25) is 0 Å². The minimum Gasteiger partial charge on any atom is -0.460 e. The molecule has 37 heavy (non-hydrogen) atoms. The smallest absolute Gasteiger partial charge is 0.323 e. The number of ether oxygens (including phenoxy) is 2. The van der Waals surface area contributed by atoms with Crippen molar-refractivity contribution in [2.75, 3.05) is 38.2 Å². The Balaban J connectivity index is 1.81. The largest absolute Gasteiger partial charge is 0.460 e. The number of nitrogens with zero attached hydrogens (tertiary/aromatic N) is 5. The molecule has 208 valence electrons. The second-order valence-corrected chi connectivity index (χ2v) is 11.6. The van der Waals surface area contributed by atoms with Gasteiger partial charge in [-0.1, -0.05) is 40.0 Å². The van der Waals surface area contributed by atoms with Crippen molar-refractivity contribution in [2.45, 2.75) is 97.8 Å². The van der Waals surface area contributed by atoms with Crippen LogP contribution in [0.5, 0.6) is 6.01 Å². The fourth-order valence-electron chi connectivity index (χ4n) is 5.15. The number of hydrogen-bond acceptors (Lipinski definition) is 9. The quantitative estimate of drug-likeness (QED) is 0.424. The number of piperidine rings is 1. The van der Waals surface area contributed by atoms with Crippen molar-refractivity contribution in [1.29, 1.82) is 0 Å². The van der Waals surface area contributed by atoms with Gasteiger partial charge < -0.3 is 25.0 Å². The molecule has 2 aliphatic rings. The molecular weight excluding hydrogens is 470 g/mol. The zero-order valence-corrected chi connectivity index (χ0v) is 23.8. The molecule has 2 saturated heterocycles. The van der Waals surface area contributed by atoms with Crippen molar-refractivity contribution in [3.05, 3.63) is 0 Å². The third-order valence-corrected chi connectivity index (χ3v) is 7.63. The van der Waals surface area contributed by atoms with Crippen molar-refractivity contribution in [3.63, 3.8) is 0 Å². The van der Waals surface area contributed by atoms with Crippen LogP contribution < -0.4 is 15.4 Å². The summed E-state index contributed by atoms with van der Waals surface area (Å²) in [4.78, 5) is 32.2. The molecule has 0 bridgehead atoms. The van der Waals surface area contributed by atoms with Crippen molar-refractivity contribution in [2.24, 2.45) is 16.8 Å². The number of amides is 1. The van der Waals surface area contributed by atoms with Gasteiger partial charge in [-0.3, -0.25) is 4.79 Å². The SMILES string of the molecule is CCCCC(CC)CNc1nc(/N=C/C(=O)N2CCOCC2)nc(OC2CC(C)(C)NC(C)(C)C2C)n1. The summed E-state index contributed by atoms with van der Waals surface area (Å²) in [5, 5.41) is 7.10. The number of hydrogen-bond donors (Lipinski definition) is 2. The molecule has 0 radical (unpaired) electrons. The van der Waals surface area contributed by atoms with E-state index in [1.165, 1.54) is 19.1 Å². The fraction of sp³-hybridized carbons (Fsp3) is 0.815. The molecule has 2 N–H and O–H groups in total. The zero-order valence-electron chi connectivity index (χ0n) is 23.8. The molecule has 3 rings (SSSR count). The lowest BCUT2D eigenvalue weighted by atomic mass is 9.73. The van der Waals surface area contributed by atoms with E-state index in [0.717, 1.165) is 25.8 Å². The first-order valence-electron chi connectivity index (χ1n) is 13.9. The first-order valence-corrected chi connectivity index (χ1v) is 13.9. The Morgan fingerprint density at radius 1 is 1.24 bits per heavy atom. The van der Waals surface area contributed by atoms with Gasteiger partial charge in [0.1, 0.15) is 6.10 Å². The van der Waals surface area contributed by atoms with E-state index in [1.807, 2.05) is 0 Å². The average Bonchev–Trinajstić information content (AvgIpc) is 2.85. The van der Waals surface area contributed by atoms with Crippen LogP contribution >= 0.6 is 0 Å². The molecule has 0 aromatic carbocycles. The van der Waals surface area contributed by atoms with Gasteiger partial charge in [0, 0.05) is 43.1 Å². The first-order chi connectivity index (χ1) is 17.5. The Hall–Kier alpha value is -2.33. The van der Waals surface area contributed by atoms with Crippen LogP contribution in [0, 0.1) is 11.8 Å². The average molecular weight is 518 g/mol. The van der Waals surface area contributed by atoms with Crippen LogP contribution in [0.15, 0.2) is 4.99 Å². The molecule has 1 aromatic heterocycles. The van der Waals surface area contributed by atoms with E-state index in [0.29, 0.717) is 38.2 Å². The number of carbonyl (C=O) groups is 1. The topological polar surface area (TPSA) is 114 Å². The number of unbranched alkanes of at least 4 members (excludes halogenated alkanes) is 1. The van der Waals surface area contributed by atoms with Crippen molar-refractivity contribution in [3.8, 4) is 6.01 Å². The Morgan fingerprint density at radius 3 is 2.65 bits per heavy atom. The summed E-state index contributed by atoms with van der Waals surface area (Å²) in [6.45, 7) is 18.3. The van der Waals surface area contributed by atoms with Crippen LogP contribution in [0.1, 0.15) is 80.6 Å². The van der Waals surface area contributed by atoms with Gasteiger partial charge in [0.05, 0.1) is 19.4 Å². The molecule has 10 heteroatoms. The summed E-state index contributed by atoms with van der Waals surface area (Å²) in [6, 6.07) is 0.232. The summed E-state index contributed by atoms with van der Waals surface area (Å²) in [7, 11) is 0. The highest BCUT2D eigenvalue weighted by Crippen LogP contribution is 2.35. The summed E-state index contributed by atoms with van der Waals surface area (Å²) >= 11 is 0. The molecule has 3 unspecified atom stereocenters. The predicted molar refractivity (Wildman–Crippen MR) is 147 cm³/mol. The minimum absolute atomic E-state index is 0.0822. The highest BCUT2D eigenvalue weighted by atomic mass is 16.5. The van der Waals surface area contributed by atoms with Crippen molar-refractivity contribution >= 4 is 24.0 Å². The number of aromatic nitrogens is 3. The lowest BCUT2D eigenvalue weighted by Crippen LogP contribution is -2.64. The standard InChI is InChI=1S/C27H47N7O3/c1-8-10-11-20(9-2)17-28-23-30-24(29-18-22(35)34-12-14-36-15-13-34)32-25(31-23)37-21-16-26(4,5)33-27(6,7)19(21)3/h18-21,33H,8-17H2,1-7H3,(H,28,30,31,32)/b29-18+. The number of carbonyl (C=O) groups excluding carboxylic acids is 1. The lowest BCUT2D eigenvalue weighted by molar-refractivity contribution is -0.127. The summed E-state index contributed by atoms with van der Waals surface area (Å²) in [6.07, 6.45) is 6.63. The van der Waals surface area contributed by atoms with Crippen LogP contribution in [-0.2, 0) is 9.53 Å². The van der Waals surface area contributed by atoms with E-state index in [9.17, 15) is 4.79 Å². The van der Waals surface area contributed by atoms with Gasteiger partial charge in [-0.25, -0.2) is 4.99 Å². The van der Waals surface area contributed by atoms with E-state index in [-0.39, 0.29) is 41.0 Å². The Labute approximate surface area is 222 Å². The van der Waals surface area contributed by atoms with Gasteiger partial charge >= 0.3 is 6.01 Å². The number of anilines is 1. The second-order valence-electron chi connectivity index (χ2n) is 11.6. The number of morpholine rings is 1. The van der Waals surface area contributed by atoms with E-state index in [4.69, 9.17) is 9.47 Å². The molecular formula is C27H47N7O3. The van der Waals surface area contributed by atoms with Crippen LogP contribution in [0.4, 0.5) is 11.9 Å². The monoisotopic (exact) mass is 517 g/mol. The maximum atomic E-state index is 12.6. The highest BCUT2D eigenvalue weighted by Gasteiger charge is 2.44. The minimum atomic E-state index is -0.179. The van der Waals surface area contributed by atoms with Crippen molar-refractivity contribution < 1.29 is 14.3 Å². The molecule has 0 spiro atoms. The van der Waals surface area contributed by atoms with E-state index in [1.54, 1.807) is 4.90 Å². The molecule has 1 amide bonds. The molecule has 3 heterocycles. The molecule has 2 fully saturated rings. The van der Waals surface area contributed by atoms with Crippen LogP contribution in [0.3, 0.4) is 0 Å². The van der Waals surface area contributed by atoms with Crippen molar-refractivity contribution in [1.82, 2.24) is 25.2 Å². The van der Waals surface area contributed by atoms with Gasteiger partial charge in [0.2, 0.25) is 5.95 Å². The summed E-state index contributed by atoms with van der Waals surface area (Å²) in [5.74, 6) is 1.16. The van der Waals surface area contributed by atoms with Crippen LogP contribution in [-0.4, -0.2) is 82.0 Å². The maximum absolute atomic E-state index is 12.6. The Morgan fingerprint density at radius 2 is 1.97 bits per heavy atom. The summed E-state index contributed by atoms with van der Waals surface area (Å²) in [5.41, 5.74) is -0.201. The number of rotatable bonds is 11. The third kappa shape index (κ3) is 8.60. The number of aliphatic imine (C=N–C) groups is 1. The van der Waals surface area contributed by atoms with Crippen LogP contribution in [0.25, 0.3) is 0 Å². The van der Waals surface area contributed by atoms with E-state index < -0.39 is 0 Å². The fourth-order valence-corrected chi connectivity index (χ4v) is 5.15. The first kappa shape index (κ1) is 29.2. The van der Waals surface area contributed by atoms with E-state index >= 15 is 0 Å². The maximum Gasteiger partial charge on any atom is 0.323 e. The molecule has 2 aliphatic heterocycles. The van der Waals surface area contributed by atoms with Gasteiger partial charge in [-0.05, 0) is 40.0 Å². The third-order valence-electron chi connectivity index (χ3n) is 7.63. The van der Waals surface area contributed by atoms with E-state index in [2.05, 4.69) is 79.0 Å². The van der Waals surface area contributed by atoms with Gasteiger partial charge in [-0.15, -0.1) is 0 Å². The van der Waals surface area contributed by atoms with Gasteiger partial charge in [-0.2, -0.15) is 15.0 Å². The van der Waals surface area contributed by atoms with Gasteiger partial charge in [0.25, 0.3) is 11.9 Å². The molecule has 10 nitrogen and oxygen atoms in total.